The first-order valence-corrected chi connectivity index (χ1v) is 14.9. The van der Waals surface area contributed by atoms with Crippen molar-refractivity contribution >= 4 is 44.9 Å². The van der Waals surface area contributed by atoms with Crippen molar-refractivity contribution in [3.05, 3.63) is 67.9 Å². The van der Waals surface area contributed by atoms with Crippen LogP contribution in [0.5, 0.6) is 0 Å². The van der Waals surface area contributed by atoms with Crippen molar-refractivity contribution in [2.24, 2.45) is 0 Å². The molecule has 1 aliphatic carbocycles. The number of rotatable bonds is 10. The molecule has 1 amide bonds. The maximum Gasteiger partial charge on any atom is 0.341 e. The lowest BCUT2D eigenvalue weighted by atomic mass is 9.95. The van der Waals surface area contributed by atoms with Gasteiger partial charge in [-0.05, 0) is 55.9 Å². The Hall–Kier alpha value is -3.79. The maximum absolute atomic E-state index is 13.7. The van der Waals surface area contributed by atoms with Crippen molar-refractivity contribution in [2.75, 3.05) is 12.4 Å². The summed E-state index contributed by atoms with van der Waals surface area (Å²) in [6.07, 6.45) is 11.7. The number of carbonyl (C=O) groups excluding carboxylic acids is 2. The Kier molecular flexibility index (Phi) is 8.44. The number of thiophene rings is 1. The van der Waals surface area contributed by atoms with Crippen molar-refractivity contribution < 1.29 is 14.3 Å². The zero-order valence-corrected chi connectivity index (χ0v) is 23.9. The van der Waals surface area contributed by atoms with E-state index in [2.05, 4.69) is 12.2 Å². The third kappa shape index (κ3) is 5.32. The van der Waals surface area contributed by atoms with Gasteiger partial charge in [0.1, 0.15) is 21.8 Å². The number of methoxy groups -OCH3 is 1. The summed E-state index contributed by atoms with van der Waals surface area (Å²) < 4.78 is 8.18. The lowest BCUT2D eigenvalue weighted by Gasteiger charge is -2.15. The molecular weight excluding hydrogens is 526 g/mol. The molecule has 4 heterocycles. The van der Waals surface area contributed by atoms with Gasteiger partial charge in [0.15, 0.2) is 0 Å². The van der Waals surface area contributed by atoms with Crippen molar-refractivity contribution in [3.63, 3.8) is 0 Å². The Balaban J connectivity index is 1.57. The van der Waals surface area contributed by atoms with E-state index in [1.54, 1.807) is 22.9 Å². The summed E-state index contributed by atoms with van der Waals surface area (Å²) in [5.74, 6) is -1.02. The number of fused-ring (bicyclic) bond motifs is 3. The molecule has 210 valence electrons. The molecule has 0 aliphatic heterocycles. The SMILES string of the molecule is CCCCCCCCn1c(=N)c(C(=O)Nc2sc3c(c2C(=O)OC)CCCC3)cc2c(=O)n3ccccc3nc21. The molecule has 0 bridgehead atoms. The summed E-state index contributed by atoms with van der Waals surface area (Å²) in [7, 11) is 1.34. The number of amides is 1. The number of hydrogen-bond acceptors (Lipinski definition) is 7. The summed E-state index contributed by atoms with van der Waals surface area (Å²) in [6.45, 7) is 2.65. The molecule has 0 saturated carbocycles. The van der Waals surface area contributed by atoms with Gasteiger partial charge >= 0.3 is 5.97 Å². The molecule has 2 N–H and O–H groups in total. The Morgan fingerprint density at radius 1 is 1.12 bits per heavy atom. The molecule has 4 aromatic rings. The number of aryl methyl sites for hydroxylation is 2. The third-order valence-corrected chi connectivity index (χ3v) is 8.79. The van der Waals surface area contributed by atoms with Gasteiger partial charge in [-0.15, -0.1) is 11.3 Å². The molecule has 0 spiro atoms. The fourth-order valence-corrected chi connectivity index (χ4v) is 6.74. The van der Waals surface area contributed by atoms with Crippen LogP contribution in [-0.4, -0.2) is 32.9 Å². The van der Waals surface area contributed by atoms with E-state index < -0.39 is 11.9 Å². The van der Waals surface area contributed by atoms with Crippen LogP contribution in [0.15, 0.2) is 35.3 Å². The number of pyridine rings is 2. The van der Waals surface area contributed by atoms with Crippen LogP contribution >= 0.6 is 11.3 Å². The number of ether oxygens (including phenoxy) is 1. The molecular formula is C30H35N5O4S. The van der Waals surface area contributed by atoms with Crippen LogP contribution < -0.4 is 16.4 Å². The number of aromatic nitrogens is 3. The molecule has 0 aromatic carbocycles. The molecule has 0 fully saturated rings. The highest BCUT2D eigenvalue weighted by atomic mass is 32.1. The summed E-state index contributed by atoms with van der Waals surface area (Å²) in [4.78, 5) is 45.7. The van der Waals surface area contributed by atoms with E-state index in [9.17, 15) is 14.4 Å². The second-order valence-corrected chi connectivity index (χ2v) is 11.4. The van der Waals surface area contributed by atoms with Crippen LogP contribution in [0.1, 0.15) is 89.4 Å². The van der Waals surface area contributed by atoms with Gasteiger partial charge in [0.25, 0.3) is 11.5 Å². The highest BCUT2D eigenvalue weighted by Gasteiger charge is 2.28. The fraction of sp³-hybridized carbons (Fsp3) is 0.433. The van der Waals surface area contributed by atoms with Gasteiger partial charge in [-0.3, -0.25) is 19.4 Å². The monoisotopic (exact) mass is 561 g/mol. The van der Waals surface area contributed by atoms with Crippen LogP contribution in [0.4, 0.5) is 5.00 Å². The number of carbonyl (C=O) groups is 2. The highest BCUT2D eigenvalue weighted by Crippen LogP contribution is 2.38. The average Bonchev–Trinajstić information content (AvgIpc) is 3.33. The molecule has 4 aromatic heterocycles. The van der Waals surface area contributed by atoms with E-state index in [0.717, 1.165) is 61.8 Å². The van der Waals surface area contributed by atoms with E-state index in [1.165, 1.54) is 41.8 Å². The van der Waals surface area contributed by atoms with Gasteiger partial charge in [0.2, 0.25) is 0 Å². The summed E-state index contributed by atoms with van der Waals surface area (Å²) >= 11 is 1.39. The Labute approximate surface area is 236 Å². The van der Waals surface area contributed by atoms with E-state index in [-0.39, 0.29) is 22.0 Å². The number of nitrogens with one attached hydrogen (secondary N) is 2. The number of unbranched alkanes of at least 4 members (excludes halogenated alkanes) is 5. The van der Waals surface area contributed by atoms with E-state index in [1.807, 2.05) is 6.07 Å². The summed E-state index contributed by atoms with van der Waals surface area (Å²) in [6, 6.07) is 6.79. The highest BCUT2D eigenvalue weighted by molar-refractivity contribution is 7.17. The molecule has 0 radical (unpaired) electrons. The van der Waals surface area contributed by atoms with Crippen molar-refractivity contribution in [1.82, 2.24) is 14.0 Å². The van der Waals surface area contributed by atoms with Crippen LogP contribution in [0.25, 0.3) is 16.7 Å². The largest absolute Gasteiger partial charge is 0.465 e. The summed E-state index contributed by atoms with van der Waals surface area (Å²) in [5, 5.41) is 12.6. The van der Waals surface area contributed by atoms with Gasteiger partial charge in [0.05, 0.1) is 23.6 Å². The smallest absolute Gasteiger partial charge is 0.341 e. The van der Waals surface area contributed by atoms with Crippen LogP contribution in [0, 0.1) is 5.41 Å². The first kappa shape index (κ1) is 27.8. The number of hydrogen-bond donors (Lipinski definition) is 2. The molecule has 0 saturated heterocycles. The minimum atomic E-state index is -0.537. The minimum Gasteiger partial charge on any atom is -0.465 e. The average molecular weight is 562 g/mol. The van der Waals surface area contributed by atoms with Gasteiger partial charge in [-0.25, -0.2) is 9.78 Å². The Morgan fingerprint density at radius 2 is 1.90 bits per heavy atom. The number of nitrogens with zero attached hydrogens (tertiary/aromatic N) is 3. The van der Waals surface area contributed by atoms with Crippen LogP contribution in [0.2, 0.25) is 0 Å². The summed E-state index contributed by atoms with van der Waals surface area (Å²) in [5.41, 5.74) is 1.98. The van der Waals surface area contributed by atoms with Crippen LogP contribution in [0.3, 0.4) is 0 Å². The van der Waals surface area contributed by atoms with E-state index in [4.69, 9.17) is 15.1 Å². The van der Waals surface area contributed by atoms with Gasteiger partial charge in [-0.1, -0.05) is 45.1 Å². The van der Waals surface area contributed by atoms with Gasteiger partial charge in [-0.2, -0.15) is 0 Å². The standard InChI is InChI=1S/C30H35N5O4S/c1-3-4-5-6-7-11-17-35-25(31)20(18-21-26(35)32-23-15-10-12-16-34(23)29(21)37)27(36)33-28-24(30(38)39-2)19-13-8-9-14-22(19)40-28/h10,12,15-16,18,31H,3-9,11,13-14,17H2,1-2H3,(H,33,36). The predicted molar refractivity (Wildman–Crippen MR) is 156 cm³/mol. The molecule has 5 rings (SSSR count). The van der Waals surface area contributed by atoms with Crippen molar-refractivity contribution in [2.45, 2.75) is 77.7 Å². The quantitative estimate of drug-likeness (QED) is 0.151. The van der Waals surface area contributed by atoms with Crippen LogP contribution in [-0.2, 0) is 24.1 Å². The minimum absolute atomic E-state index is 0.00771. The molecule has 10 heteroatoms. The zero-order valence-electron chi connectivity index (χ0n) is 23.0. The number of anilines is 1. The second kappa shape index (κ2) is 12.2. The van der Waals surface area contributed by atoms with E-state index in [0.29, 0.717) is 28.4 Å². The molecule has 9 nitrogen and oxygen atoms in total. The van der Waals surface area contributed by atoms with Crippen molar-refractivity contribution in [1.29, 1.82) is 5.41 Å². The second-order valence-electron chi connectivity index (χ2n) is 10.3. The van der Waals surface area contributed by atoms with E-state index >= 15 is 0 Å². The fourth-order valence-electron chi connectivity index (χ4n) is 5.47. The maximum atomic E-state index is 13.7. The third-order valence-electron chi connectivity index (χ3n) is 7.59. The van der Waals surface area contributed by atoms with Gasteiger partial charge in [0, 0.05) is 17.6 Å². The lowest BCUT2D eigenvalue weighted by molar-refractivity contribution is 0.0601. The van der Waals surface area contributed by atoms with Crippen molar-refractivity contribution in [3.8, 4) is 0 Å². The zero-order chi connectivity index (χ0) is 28.2. The predicted octanol–water partition coefficient (Wildman–Crippen LogP) is 5.47. The number of esters is 1. The molecule has 0 unspecified atom stereocenters. The lowest BCUT2D eigenvalue weighted by Crippen LogP contribution is -2.32. The molecule has 1 aliphatic rings. The topological polar surface area (TPSA) is 119 Å². The normalized spacial score (nSPS) is 12.9. The Morgan fingerprint density at radius 3 is 2.70 bits per heavy atom. The Bertz CT molecular complexity index is 1700. The first-order valence-electron chi connectivity index (χ1n) is 14.1. The molecule has 40 heavy (non-hydrogen) atoms. The first-order chi connectivity index (χ1) is 19.4. The molecule has 0 atom stereocenters. The van der Waals surface area contributed by atoms with Gasteiger partial charge < -0.3 is 14.6 Å².